The molecule has 0 radical (unpaired) electrons. The highest BCUT2D eigenvalue weighted by Gasteiger charge is 2.43. The molecule has 2 amide bonds. The van der Waals surface area contributed by atoms with E-state index in [1.54, 1.807) is 36.4 Å². The van der Waals surface area contributed by atoms with Crippen molar-refractivity contribution in [3.63, 3.8) is 0 Å². The zero-order valence-electron chi connectivity index (χ0n) is 18.5. The number of esters is 2. The minimum Gasteiger partial charge on any atom is -0.497 e. The molecule has 3 aromatic carbocycles. The highest BCUT2D eigenvalue weighted by atomic mass is 16.5. The van der Waals surface area contributed by atoms with E-state index in [0.29, 0.717) is 5.75 Å². The maximum absolute atomic E-state index is 13.4. The van der Waals surface area contributed by atoms with Gasteiger partial charge in [-0.25, -0.2) is 9.59 Å². The molecular formula is C26H21NO7. The fourth-order valence-corrected chi connectivity index (χ4v) is 3.78. The van der Waals surface area contributed by atoms with Crippen LogP contribution in [0.25, 0.3) is 0 Å². The van der Waals surface area contributed by atoms with Gasteiger partial charge in [0.1, 0.15) is 23.1 Å². The fraction of sp³-hybridized carbons (Fsp3) is 0.154. The zero-order valence-corrected chi connectivity index (χ0v) is 18.5. The fourth-order valence-electron chi connectivity index (χ4n) is 3.78. The van der Waals surface area contributed by atoms with Gasteiger partial charge in [-0.2, -0.15) is 0 Å². The summed E-state index contributed by atoms with van der Waals surface area (Å²) in [6, 6.07) is 18.4. The van der Waals surface area contributed by atoms with Crippen LogP contribution in [0.3, 0.4) is 0 Å². The number of benzene rings is 3. The number of hydrogen-bond acceptors (Lipinski definition) is 7. The Morgan fingerprint density at radius 2 is 1.47 bits per heavy atom. The van der Waals surface area contributed by atoms with Crippen LogP contribution in [0.5, 0.6) is 11.5 Å². The van der Waals surface area contributed by atoms with E-state index in [1.807, 2.05) is 6.07 Å². The molecule has 4 rings (SSSR count). The standard InChI is InChI=1S/C26H21NO7/c1-32-17-12-13-20(25(30)33-2)22(15-17)34-26(31)21(14-16-8-4-3-5-9-16)27-23(28)18-10-6-7-11-19(18)24(27)29/h3-13,15,21H,14H2,1-2H3/t21-/m0/s1. The summed E-state index contributed by atoms with van der Waals surface area (Å²) < 4.78 is 15.5. The summed E-state index contributed by atoms with van der Waals surface area (Å²) in [5, 5.41) is 0. The number of amides is 2. The van der Waals surface area contributed by atoms with E-state index in [0.717, 1.165) is 10.5 Å². The predicted octanol–water partition coefficient (Wildman–Crippen LogP) is 3.29. The molecule has 0 unspecified atom stereocenters. The molecule has 0 N–H and O–H groups in total. The first-order valence-corrected chi connectivity index (χ1v) is 10.4. The van der Waals surface area contributed by atoms with Crippen LogP contribution in [0.15, 0.2) is 72.8 Å². The second-order valence-corrected chi connectivity index (χ2v) is 7.51. The Morgan fingerprint density at radius 1 is 0.853 bits per heavy atom. The van der Waals surface area contributed by atoms with Crippen molar-refractivity contribution in [3.05, 3.63) is 95.1 Å². The van der Waals surface area contributed by atoms with Crippen LogP contribution in [-0.2, 0) is 16.0 Å². The molecule has 0 saturated carbocycles. The maximum atomic E-state index is 13.4. The Labute approximate surface area is 195 Å². The van der Waals surface area contributed by atoms with Gasteiger partial charge < -0.3 is 14.2 Å². The lowest BCUT2D eigenvalue weighted by molar-refractivity contribution is -0.138. The van der Waals surface area contributed by atoms with Crippen molar-refractivity contribution >= 4 is 23.8 Å². The van der Waals surface area contributed by atoms with Gasteiger partial charge in [0, 0.05) is 12.5 Å². The van der Waals surface area contributed by atoms with Crippen LogP contribution in [0.4, 0.5) is 0 Å². The van der Waals surface area contributed by atoms with Crippen LogP contribution in [0.2, 0.25) is 0 Å². The number of carbonyl (C=O) groups is 4. The van der Waals surface area contributed by atoms with Crippen molar-refractivity contribution in [1.82, 2.24) is 4.90 Å². The largest absolute Gasteiger partial charge is 0.497 e. The Balaban J connectivity index is 1.72. The lowest BCUT2D eigenvalue weighted by Gasteiger charge is -2.25. The molecule has 8 nitrogen and oxygen atoms in total. The number of nitrogens with zero attached hydrogens (tertiary/aromatic N) is 1. The van der Waals surface area contributed by atoms with Crippen LogP contribution in [0, 0.1) is 0 Å². The quantitative estimate of drug-likeness (QED) is 0.304. The third kappa shape index (κ3) is 4.25. The number of rotatable bonds is 7. The van der Waals surface area contributed by atoms with Gasteiger partial charge in [-0.05, 0) is 29.8 Å². The van der Waals surface area contributed by atoms with E-state index in [2.05, 4.69) is 0 Å². The van der Waals surface area contributed by atoms with Gasteiger partial charge in [-0.3, -0.25) is 14.5 Å². The number of fused-ring (bicyclic) bond motifs is 1. The van der Waals surface area contributed by atoms with Crippen molar-refractivity contribution < 1.29 is 33.4 Å². The smallest absolute Gasteiger partial charge is 0.341 e. The molecule has 172 valence electrons. The first kappa shape index (κ1) is 22.7. The van der Waals surface area contributed by atoms with Crippen molar-refractivity contribution in [1.29, 1.82) is 0 Å². The van der Waals surface area contributed by atoms with Crippen molar-refractivity contribution in [2.24, 2.45) is 0 Å². The summed E-state index contributed by atoms with van der Waals surface area (Å²) in [7, 11) is 2.63. The minimum absolute atomic E-state index is 0.00234. The summed E-state index contributed by atoms with van der Waals surface area (Å²) in [5.74, 6) is -2.53. The topological polar surface area (TPSA) is 99.2 Å². The van der Waals surface area contributed by atoms with E-state index in [4.69, 9.17) is 14.2 Å². The lowest BCUT2D eigenvalue weighted by atomic mass is 10.0. The van der Waals surface area contributed by atoms with Crippen LogP contribution < -0.4 is 9.47 Å². The monoisotopic (exact) mass is 459 g/mol. The minimum atomic E-state index is -1.27. The number of methoxy groups -OCH3 is 2. The summed E-state index contributed by atoms with van der Waals surface area (Å²) in [6.07, 6.45) is 0.0304. The summed E-state index contributed by atoms with van der Waals surface area (Å²) >= 11 is 0. The van der Waals surface area contributed by atoms with Gasteiger partial charge in [-0.1, -0.05) is 42.5 Å². The number of hydrogen-bond donors (Lipinski definition) is 0. The molecule has 3 aromatic rings. The Kier molecular flexibility index (Phi) is 6.40. The second kappa shape index (κ2) is 9.58. The molecule has 0 bridgehead atoms. The average Bonchev–Trinajstić information content (AvgIpc) is 3.12. The molecule has 0 aromatic heterocycles. The molecule has 0 saturated heterocycles. The first-order valence-electron chi connectivity index (χ1n) is 10.4. The number of carbonyl (C=O) groups excluding carboxylic acids is 4. The van der Waals surface area contributed by atoms with E-state index < -0.39 is 29.8 Å². The number of imide groups is 1. The third-order valence-corrected chi connectivity index (χ3v) is 5.49. The van der Waals surface area contributed by atoms with Crippen LogP contribution in [-0.4, -0.2) is 48.9 Å². The first-order chi connectivity index (χ1) is 16.4. The molecule has 1 aliphatic heterocycles. The Bertz CT molecular complexity index is 1230. The molecular weight excluding hydrogens is 438 g/mol. The van der Waals surface area contributed by atoms with E-state index in [-0.39, 0.29) is 28.9 Å². The van der Waals surface area contributed by atoms with Crippen molar-refractivity contribution in [2.75, 3.05) is 14.2 Å². The van der Waals surface area contributed by atoms with Gasteiger partial charge in [0.2, 0.25) is 0 Å². The van der Waals surface area contributed by atoms with E-state index >= 15 is 0 Å². The summed E-state index contributed by atoms with van der Waals surface area (Å²) in [4.78, 5) is 52.8. The molecule has 8 heteroatoms. The molecule has 0 fully saturated rings. The lowest BCUT2D eigenvalue weighted by Crippen LogP contribution is -2.48. The predicted molar refractivity (Wildman–Crippen MR) is 121 cm³/mol. The summed E-state index contributed by atoms with van der Waals surface area (Å²) in [5.41, 5.74) is 1.15. The molecule has 1 atom stereocenters. The number of ether oxygens (including phenoxy) is 3. The molecule has 1 aliphatic rings. The third-order valence-electron chi connectivity index (χ3n) is 5.49. The van der Waals surface area contributed by atoms with Crippen molar-refractivity contribution in [3.8, 4) is 11.5 Å². The SMILES string of the molecule is COC(=O)c1ccc(OC)cc1OC(=O)[C@H](Cc1ccccc1)N1C(=O)c2ccccc2C1=O. The highest BCUT2D eigenvalue weighted by molar-refractivity contribution is 6.22. The Hall–Kier alpha value is -4.46. The molecule has 1 heterocycles. The molecule has 0 aliphatic carbocycles. The molecule has 34 heavy (non-hydrogen) atoms. The maximum Gasteiger partial charge on any atom is 0.341 e. The highest BCUT2D eigenvalue weighted by Crippen LogP contribution is 2.29. The van der Waals surface area contributed by atoms with E-state index in [9.17, 15) is 19.2 Å². The van der Waals surface area contributed by atoms with Crippen molar-refractivity contribution in [2.45, 2.75) is 12.5 Å². The van der Waals surface area contributed by atoms with Crippen LogP contribution >= 0.6 is 0 Å². The zero-order chi connectivity index (χ0) is 24.2. The van der Waals surface area contributed by atoms with Gasteiger partial charge in [0.15, 0.2) is 0 Å². The normalized spacial score (nSPS) is 13.3. The second-order valence-electron chi connectivity index (χ2n) is 7.51. The Morgan fingerprint density at radius 3 is 2.06 bits per heavy atom. The van der Waals surface area contributed by atoms with Gasteiger partial charge in [-0.15, -0.1) is 0 Å². The van der Waals surface area contributed by atoms with Gasteiger partial charge in [0.25, 0.3) is 11.8 Å². The summed E-state index contributed by atoms with van der Waals surface area (Å²) in [6.45, 7) is 0. The molecule has 0 spiro atoms. The van der Waals surface area contributed by atoms with E-state index in [1.165, 1.54) is 44.6 Å². The van der Waals surface area contributed by atoms with Crippen LogP contribution in [0.1, 0.15) is 36.6 Å². The average molecular weight is 459 g/mol. The van der Waals surface area contributed by atoms with Gasteiger partial charge in [0.05, 0.1) is 25.3 Å². The van der Waals surface area contributed by atoms with Gasteiger partial charge >= 0.3 is 11.9 Å².